The SMILES string of the molecule is O=C1N2C[C@@H](CC[C@@H]2c2cc(COC3CNC3)on2)N1OS(=O)(=O)O. The zero-order chi connectivity index (χ0) is 17.6. The van der Waals surface area contributed by atoms with E-state index in [1.165, 1.54) is 4.90 Å². The van der Waals surface area contributed by atoms with Gasteiger partial charge in [0.15, 0.2) is 5.76 Å². The van der Waals surface area contributed by atoms with Gasteiger partial charge in [-0.1, -0.05) is 5.16 Å². The van der Waals surface area contributed by atoms with Crippen LogP contribution in [0.5, 0.6) is 0 Å². The summed E-state index contributed by atoms with van der Waals surface area (Å²) in [5, 5.41) is 7.84. The fraction of sp³-hybridized carbons (Fsp3) is 0.692. The Hall–Kier alpha value is -1.73. The molecule has 0 spiro atoms. The summed E-state index contributed by atoms with van der Waals surface area (Å²) in [6.45, 7) is 2.24. The van der Waals surface area contributed by atoms with Crippen molar-refractivity contribution in [3.63, 3.8) is 0 Å². The number of hydrogen-bond donors (Lipinski definition) is 2. The van der Waals surface area contributed by atoms with Crippen LogP contribution in [0.25, 0.3) is 0 Å². The Labute approximate surface area is 143 Å². The van der Waals surface area contributed by atoms with E-state index in [4.69, 9.17) is 13.8 Å². The van der Waals surface area contributed by atoms with Crippen LogP contribution in [0.1, 0.15) is 30.3 Å². The molecule has 3 saturated heterocycles. The minimum absolute atomic E-state index is 0.176. The molecule has 11 nitrogen and oxygen atoms in total. The first kappa shape index (κ1) is 16.7. The van der Waals surface area contributed by atoms with Crippen molar-refractivity contribution >= 4 is 16.4 Å². The summed E-state index contributed by atoms with van der Waals surface area (Å²) < 4.78 is 45.9. The van der Waals surface area contributed by atoms with Crippen molar-refractivity contribution in [1.82, 2.24) is 20.4 Å². The Balaban J connectivity index is 1.43. The molecule has 0 saturated carbocycles. The van der Waals surface area contributed by atoms with Gasteiger partial charge in [-0.25, -0.2) is 4.79 Å². The van der Waals surface area contributed by atoms with Crippen LogP contribution < -0.4 is 5.32 Å². The lowest BCUT2D eigenvalue weighted by molar-refractivity contribution is -0.0317. The summed E-state index contributed by atoms with van der Waals surface area (Å²) in [6, 6.07) is 0.371. The summed E-state index contributed by atoms with van der Waals surface area (Å²) in [6.07, 6.45) is 1.28. The van der Waals surface area contributed by atoms with Gasteiger partial charge in [0.25, 0.3) is 0 Å². The Kier molecular flexibility index (Phi) is 4.16. The molecule has 4 rings (SSSR count). The first-order valence-electron chi connectivity index (χ1n) is 7.95. The predicted octanol–water partition coefficient (Wildman–Crippen LogP) is -0.161. The quantitative estimate of drug-likeness (QED) is 0.651. The number of nitrogens with zero attached hydrogens (tertiary/aromatic N) is 3. The summed E-state index contributed by atoms with van der Waals surface area (Å²) in [5.41, 5.74) is 0.589. The van der Waals surface area contributed by atoms with E-state index in [0.717, 1.165) is 13.1 Å². The van der Waals surface area contributed by atoms with Crippen molar-refractivity contribution in [3.05, 3.63) is 17.5 Å². The van der Waals surface area contributed by atoms with Gasteiger partial charge < -0.3 is 19.5 Å². The van der Waals surface area contributed by atoms with Crippen molar-refractivity contribution in [2.45, 2.75) is 37.6 Å². The molecule has 25 heavy (non-hydrogen) atoms. The van der Waals surface area contributed by atoms with Crippen LogP contribution in [0.3, 0.4) is 0 Å². The second-order valence-corrected chi connectivity index (χ2v) is 7.32. The van der Waals surface area contributed by atoms with Crippen LogP contribution in [0.15, 0.2) is 10.6 Å². The molecule has 12 heteroatoms. The zero-order valence-corrected chi connectivity index (χ0v) is 14.0. The van der Waals surface area contributed by atoms with Crippen molar-refractivity contribution in [1.29, 1.82) is 0 Å². The number of hydroxylamine groups is 2. The predicted molar refractivity (Wildman–Crippen MR) is 80.3 cm³/mol. The van der Waals surface area contributed by atoms with Crippen molar-refractivity contribution in [3.8, 4) is 0 Å². The minimum atomic E-state index is -4.75. The second kappa shape index (κ2) is 6.21. The number of hydrogen-bond acceptors (Lipinski definition) is 8. The normalized spacial score (nSPS) is 27.0. The van der Waals surface area contributed by atoms with E-state index in [2.05, 4.69) is 14.8 Å². The summed E-state index contributed by atoms with van der Waals surface area (Å²) >= 11 is 0. The van der Waals surface area contributed by atoms with Gasteiger partial charge in [0.2, 0.25) is 0 Å². The maximum atomic E-state index is 12.4. The number of urea groups is 1. The highest BCUT2D eigenvalue weighted by Gasteiger charge is 2.48. The van der Waals surface area contributed by atoms with E-state index in [1.807, 2.05) is 0 Å². The van der Waals surface area contributed by atoms with Gasteiger partial charge in [-0.2, -0.15) is 13.5 Å². The molecule has 3 aliphatic heterocycles. The van der Waals surface area contributed by atoms with Crippen LogP contribution in [-0.2, 0) is 26.0 Å². The number of ether oxygens (including phenoxy) is 1. The second-order valence-electron chi connectivity index (χ2n) is 6.32. The maximum Gasteiger partial charge on any atom is 0.418 e. The van der Waals surface area contributed by atoms with Crippen molar-refractivity contribution in [2.75, 3.05) is 19.6 Å². The standard InChI is InChI=1S/C13H18N4O7S/c18-13-16-6-8(17(13)24-25(19,20)21)1-2-12(16)11-3-9(23-15-11)7-22-10-4-14-5-10/h3,8,10,12,14H,1-2,4-7H2,(H,19,20,21)/t8-,12-/m1/s1. The molecule has 2 bridgehead atoms. The van der Waals surface area contributed by atoms with Gasteiger partial charge in [0.05, 0.1) is 18.2 Å². The molecular weight excluding hydrogens is 356 g/mol. The largest absolute Gasteiger partial charge is 0.418 e. The van der Waals surface area contributed by atoms with E-state index in [9.17, 15) is 13.2 Å². The van der Waals surface area contributed by atoms with E-state index in [-0.39, 0.29) is 12.1 Å². The highest BCUT2D eigenvalue weighted by Crippen LogP contribution is 2.38. The van der Waals surface area contributed by atoms with E-state index < -0.39 is 22.5 Å². The van der Waals surface area contributed by atoms with Crippen LogP contribution in [-0.4, -0.2) is 65.9 Å². The molecular formula is C13H18N4O7S. The average molecular weight is 374 g/mol. The van der Waals surface area contributed by atoms with Gasteiger partial charge in [-0.15, -0.1) is 4.28 Å². The molecule has 1 aromatic heterocycles. The molecule has 0 aliphatic carbocycles. The Morgan fingerprint density at radius 2 is 2.20 bits per heavy atom. The molecule has 2 N–H and O–H groups in total. The fourth-order valence-corrected chi connectivity index (χ4v) is 3.66. The topological polar surface area (TPSA) is 134 Å². The number of aromatic nitrogens is 1. The third kappa shape index (κ3) is 3.35. The molecule has 138 valence electrons. The smallest absolute Gasteiger partial charge is 0.368 e. The molecule has 2 amide bonds. The first-order valence-corrected chi connectivity index (χ1v) is 9.32. The molecule has 3 fully saturated rings. The molecule has 0 unspecified atom stereocenters. The van der Waals surface area contributed by atoms with Gasteiger partial charge in [-0.3, -0.25) is 4.55 Å². The highest BCUT2D eigenvalue weighted by molar-refractivity contribution is 7.80. The highest BCUT2D eigenvalue weighted by atomic mass is 32.3. The minimum Gasteiger partial charge on any atom is -0.368 e. The Morgan fingerprint density at radius 3 is 2.88 bits per heavy atom. The monoisotopic (exact) mass is 374 g/mol. The molecule has 0 aromatic carbocycles. The fourth-order valence-electron chi connectivity index (χ4n) is 3.27. The Bertz CT molecular complexity index is 762. The third-order valence-corrected chi connectivity index (χ3v) is 4.97. The number of carbonyl (C=O) groups excluding carboxylic acids is 1. The Morgan fingerprint density at radius 1 is 1.40 bits per heavy atom. The van der Waals surface area contributed by atoms with Gasteiger partial charge in [-0.05, 0) is 12.8 Å². The van der Waals surface area contributed by atoms with Crippen molar-refractivity contribution in [2.24, 2.45) is 0 Å². The number of piperidine rings is 1. The van der Waals surface area contributed by atoms with Crippen LogP contribution in [0.4, 0.5) is 4.79 Å². The van der Waals surface area contributed by atoms with Gasteiger partial charge in [0.1, 0.15) is 12.3 Å². The number of carbonyl (C=O) groups is 1. The lowest BCUT2D eigenvalue weighted by Gasteiger charge is -2.28. The molecule has 0 radical (unpaired) electrons. The van der Waals surface area contributed by atoms with Gasteiger partial charge in [0, 0.05) is 25.7 Å². The summed E-state index contributed by atoms with van der Waals surface area (Å²) in [7, 11) is -4.75. The number of amides is 2. The van der Waals surface area contributed by atoms with Crippen LogP contribution in [0.2, 0.25) is 0 Å². The number of nitrogens with one attached hydrogen (secondary N) is 1. The van der Waals surface area contributed by atoms with E-state index in [1.54, 1.807) is 6.07 Å². The average Bonchev–Trinajstić information content (AvgIpc) is 3.05. The molecule has 3 aliphatic rings. The van der Waals surface area contributed by atoms with Crippen LogP contribution >= 0.6 is 0 Å². The molecule has 1 aromatic rings. The molecule has 2 atom stereocenters. The first-order chi connectivity index (χ1) is 11.9. The number of fused-ring (bicyclic) bond motifs is 2. The maximum absolute atomic E-state index is 12.4. The number of rotatable bonds is 6. The van der Waals surface area contributed by atoms with Crippen LogP contribution in [0, 0.1) is 0 Å². The summed E-state index contributed by atoms with van der Waals surface area (Å²) in [4.78, 5) is 13.8. The van der Waals surface area contributed by atoms with E-state index >= 15 is 0 Å². The molecule has 4 heterocycles. The third-order valence-electron chi connectivity index (χ3n) is 4.62. The van der Waals surface area contributed by atoms with Crippen molar-refractivity contribution < 1.29 is 31.3 Å². The van der Waals surface area contributed by atoms with Gasteiger partial charge >= 0.3 is 16.4 Å². The lowest BCUT2D eigenvalue weighted by atomic mass is 9.98. The van der Waals surface area contributed by atoms with E-state index in [0.29, 0.717) is 42.5 Å². The lowest BCUT2D eigenvalue weighted by Crippen LogP contribution is -2.48. The summed E-state index contributed by atoms with van der Waals surface area (Å²) in [5.74, 6) is 0.571. The zero-order valence-electron chi connectivity index (χ0n) is 13.2.